The Labute approximate surface area is 143 Å². The summed E-state index contributed by atoms with van der Waals surface area (Å²) in [6, 6.07) is 12.6. The Morgan fingerprint density at radius 2 is 1.83 bits per heavy atom. The van der Waals surface area contributed by atoms with Crippen LogP contribution < -0.4 is 5.32 Å². The van der Waals surface area contributed by atoms with Crippen LogP contribution in [0.5, 0.6) is 0 Å². The molecule has 2 aromatic carbocycles. The zero-order valence-corrected chi connectivity index (χ0v) is 14.8. The van der Waals surface area contributed by atoms with Crippen LogP contribution in [0.1, 0.15) is 34.9 Å². The highest BCUT2D eigenvalue weighted by Gasteiger charge is 2.14. The van der Waals surface area contributed by atoms with Gasteiger partial charge < -0.3 is 5.32 Å². The summed E-state index contributed by atoms with van der Waals surface area (Å²) in [4.78, 5) is 11.6. The van der Waals surface area contributed by atoms with Gasteiger partial charge in [0.15, 0.2) is 0 Å². The zero-order chi connectivity index (χ0) is 17.3. The number of nitrogens with one attached hydrogen (secondary N) is 1. The minimum absolute atomic E-state index is 0.761. The van der Waals surface area contributed by atoms with Gasteiger partial charge in [-0.05, 0) is 55.5 Å². The maximum atomic E-state index is 11.6. The maximum absolute atomic E-state index is 11.6. The number of hydrogen-bond acceptors (Lipinski definition) is 2. The Morgan fingerprint density at radius 1 is 1.08 bits per heavy atom. The highest BCUT2D eigenvalue weighted by atomic mass is 16.1. The third-order valence-corrected chi connectivity index (χ3v) is 5.03. The van der Waals surface area contributed by atoms with E-state index in [1.54, 1.807) is 4.57 Å². The van der Waals surface area contributed by atoms with Gasteiger partial charge in [0.2, 0.25) is 6.41 Å². The molecule has 0 bridgehead atoms. The summed E-state index contributed by atoms with van der Waals surface area (Å²) in [6.45, 7) is 9.15. The molecule has 124 valence electrons. The van der Waals surface area contributed by atoms with Crippen molar-refractivity contribution in [2.45, 2.75) is 40.7 Å². The molecular formula is C21H24N2O. The first-order valence-electron chi connectivity index (χ1n) is 8.45. The molecule has 24 heavy (non-hydrogen) atoms. The first-order chi connectivity index (χ1) is 11.6. The van der Waals surface area contributed by atoms with E-state index in [0.717, 1.165) is 47.2 Å². The van der Waals surface area contributed by atoms with Gasteiger partial charge in [-0.2, -0.15) is 0 Å². The second kappa shape index (κ2) is 6.52. The second-order valence-electron chi connectivity index (χ2n) is 6.31. The largest absolute Gasteiger partial charge is 0.379 e. The van der Waals surface area contributed by atoms with Gasteiger partial charge in [0.25, 0.3) is 0 Å². The van der Waals surface area contributed by atoms with E-state index in [1.165, 1.54) is 16.7 Å². The topological polar surface area (TPSA) is 34.0 Å². The molecule has 0 amide bonds. The average molecular weight is 320 g/mol. The van der Waals surface area contributed by atoms with Gasteiger partial charge in [0.1, 0.15) is 0 Å². The van der Waals surface area contributed by atoms with Gasteiger partial charge in [-0.3, -0.25) is 9.36 Å². The summed E-state index contributed by atoms with van der Waals surface area (Å²) < 4.78 is 1.74. The number of rotatable bonds is 5. The summed E-state index contributed by atoms with van der Waals surface area (Å²) in [5.74, 6) is 0. The van der Waals surface area contributed by atoms with E-state index in [0.29, 0.717) is 0 Å². The van der Waals surface area contributed by atoms with Gasteiger partial charge in [0, 0.05) is 17.6 Å². The van der Waals surface area contributed by atoms with Gasteiger partial charge >= 0.3 is 0 Å². The van der Waals surface area contributed by atoms with Crippen LogP contribution in [0.15, 0.2) is 36.4 Å². The van der Waals surface area contributed by atoms with Gasteiger partial charge in [-0.1, -0.05) is 37.3 Å². The van der Waals surface area contributed by atoms with Gasteiger partial charge in [0.05, 0.1) is 11.2 Å². The third kappa shape index (κ3) is 2.60. The fourth-order valence-electron chi connectivity index (χ4n) is 3.45. The maximum Gasteiger partial charge on any atom is 0.218 e. The van der Waals surface area contributed by atoms with Crippen LogP contribution in [0.25, 0.3) is 10.9 Å². The van der Waals surface area contributed by atoms with E-state index in [9.17, 15) is 4.79 Å². The fraction of sp³-hybridized carbons (Fsp3) is 0.286. The smallest absolute Gasteiger partial charge is 0.218 e. The quantitative estimate of drug-likeness (QED) is 0.687. The van der Waals surface area contributed by atoms with Crippen molar-refractivity contribution in [1.29, 1.82) is 0 Å². The Hall–Kier alpha value is -2.55. The van der Waals surface area contributed by atoms with Crippen LogP contribution in [0, 0.1) is 20.8 Å². The number of para-hydroxylation sites is 1. The molecule has 0 unspecified atom stereocenters. The molecule has 0 spiro atoms. The Balaban J connectivity index is 2.03. The van der Waals surface area contributed by atoms with Crippen molar-refractivity contribution >= 4 is 23.0 Å². The lowest BCUT2D eigenvalue weighted by Gasteiger charge is -2.14. The van der Waals surface area contributed by atoms with Crippen LogP contribution in [0.4, 0.5) is 5.69 Å². The number of aryl methyl sites for hydroxylation is 3. The lowest BCUT2D eigenvalue weighted by molar-refractivity contribution is 0.548. The van der Waals surface area contributed by atoms with E-state index < -0.39 is 0 Å². The predicted molar refractivity (Wildman–Crippen MR) is 101 cm³/mol. The fourth-order valence-corrected chi connectivity index (χ4v) is 3.45. The number of carbonyl (C=O) groups is 1. The molecule has 0 atom stereocenters. The van der Waals surface area contributed by atoms with Crippen LogP contribution in [-0.2, 0) is 17.8 Å². The number of hydrogen-bond donors (Lipinski definition) is 1. The number of fused-ring (bicyclic) bond motifs is 1. The molecule has 0 aliphatic rings. The molecule has 3 rings (SSSR count). The minimum atomic E-state index is 0.761. The van der Waals surface area contributed by atoms with Gasteiger partial charge in [-0.25, -0.2) is 0 Å². The van der Waals surface area contributed by atoms with Crippen molar-refractivity contribution in [3.8, 4) is 0 Å². The van der Waals surface area contributed by atoms with E-state index in [1.807, 2.05) is 19.1 Å². The van der Waals surface area contributed by atoms with Crippen molar-refractivity contribution in [3.05, 3.63) is 64.3 Å². The molecule has 1 aromatic heterocycles. The van der Waals surface area contributed by atoms with E-state index in [4.69, 9.17) is 0 Å². The van der Waals surface area contributed by atoms with Crippen LogP contribution in [0.2, 0.25) is 0 Å². The Kier molecular flexibility index (Phi) is 4.43. The number of anilines is 1. The number of carbonyl (C=O) groups excluding carboxylic acids is 1. The summed E-state index contributed by atoms with van der Waals surface area (Å²) in [5, 5.41) is 4.68. The van der Waals surface area contributed by atoms with Gasteiger partial charge in [-0.15, -0.1) is 0 Å². The van der Waals surface area contributed by atoms with Crippen molar-refractivity contribution < 1.29 is 4.79 Å². The SMILES string of the molecule is CCc1cccc(C)c1CNc1cccc2c(C)c(C)n(C=O)c12. The van der Waals surface area contributed by atoms with Crippen molar-refractivity contribution in [3.63, 3.8) is 0 Å². The normalized spacial score (nSPS) is 11.0. The molecule has 3 aromatic rings. The van der Waals surface area contributed by atoms with Crippen LogP contribution in [0.3, 0.4) is 0 Å². The van der Waals surface area contributed by atoms with Crippen LogP contribution >= 0.6 is 0 Å². The van der Waals surface area contributed by atoms with E-state index >= 15 is 0 Å². The van der Waals surface area contributed by atoms with Crippen molar-refractivity contribution in [1.82, 2.24) is 4.57 Å². The van der Waals surface area contributed by atoms with Crippen molar-refractivity contribution in [2.75, 3.05) is 5.32 Å². The molecule has 1 heterocycles. The second-order valence-corrected chi connectivity index (χ2v) is 6.31. The summed E-state index contributed by atoms with van der Waals surface area (Å²) in [6.07, 6.45) is 1.92. The molecule has 0 saturated carbocycles. The predicted octanol–water partition coefficient (Wildman–Crippen LogP) is 4.78. The molecule has 0 radical (unpaired) electrons. The molecule has 3 nitrogen and oxygen atoms in total. The lowest BCUT2D eigenvalue weighted by atomic mass is 10.00. The highest BCUT2D eigenvalue weighted by molar-refractivity contribution is 5.98. The first kappa shape index (κ1) is 16.3. The van der Waals surface area contributed by atoms with Crippen LogP contribution in [-0.4, -0.2) is 11.0 Å². The van der Waals surface area contributed by atoms with E-state index in [-0.39, 0.29) is 0 Å². The Bertz CT molecular complexity index is 906. The molecule has 3 heteroatoms. The van der Waals surface area contributed by atoms with E-state index in [2.05, 4.69) is 50.4 Å². The highest BCUT2D eigenvalue weighted by Crippen LogP contribution is 2.30. The summed E-state index contributed by atoms with van der Waals surface area (Å²) in [5.41, 5.74) is 8.13. The lowest BCUT2D eigenvalue weighted by Crippen LogP contribution is -2.07. The molecule has 0 saturated heterocycles. The Morgan fingerprint density at radius 3 is 2.54 bits per heavy atom. The number of aromatic nitrogens is 1. The molecule has 0 aliphatic carbocycles. The minimum Gasteiger partial charge on any atom is -0.379 e. The molecule has 0 aliphatic heterocycles. The monoisotopic (exact) mass is 320 g/mol. The standard InChI is InChI=1S/C21H24N2O/c1-5-17-9-6-8-14(2)19(17)12-22-20-11-7-10-18-15(3)16(4)23(13-24)21(18)20/h6-11,13,22H,5,12H2,1-4H3. The number of benzene rings is 2. The zero-order valence-electron chi connectivity index (χ0n) is 14.8. The molecular weight excluding hydrogens is 296 g/mol. The first-order valence-corrected chi connectivity index (χ1v) is 8.45. The third-order valence-electron chi connectivity index (χ3n) is 5.03. The summed E-state index contributed by atoms with van der Waals surface area (Å²) >= 11 is 0. The molecule has 1 N–H and O–H groups in total. The summed E-state index contributed by atoms with van der Waals surface area (Å²) in [7, 11) is 0. The van der Waals surface area contributed by atoms with Crippen molar-refractivity contribution in [2.24, 2.45) is 0 Å². The average Bonchev–Trinajstić information content (AvgIpc) is 2.85. The number of nitrogens with zero attached hydrogens (tertiary/aromatic N) is 1. The molecule has 0 fully saturated rings.